The molecule has 0 aliphatic heterocycles. The lowest BCUT2D eigenvalue weighted by Crippen LogP contribution is -2.11. The first kappa shape index (κ1) is 14.9. The van der Waals surface area contributed by atoms with Crippen LogP contribution in [0.3, 0.4) is 0 Å². The van der Waals surface area contributed by atoms with Gasteiger partial charge in [0.1, 0.15) is 12.4 Å². The molecule has 1 aromatic rings. The van der Waals surface area contributed by atoms with Crippen LogP contribution in [0.1, 0.15) is 50.7 Å². The van der Waals surface area contributed by atoms with Crippen molar-refractivity contribution >= 4 is 5.82 Å². The van der Waals surface area contributed by atoms with Gasteiger partial charge in [-0.05, 0) is 26.2 Å². The summed E-state index contributed by atoms with van der Waals surface area (Å²) in [7, 11) is 0. The molecule has 4 heteroatoms. The molecule has 102 valence electrons. The maximum absolute atomic E-state index is 5.50. The van der Waals surface area contributed by atoms with Crippen LogP contribution in [-0.2, 0) is 17.8 Å². The zero-order chi connectivity index (χ0) is 13.4. The molecule has 0 amide bonds. The highest BCUT2D eigenvalue weighted by atomic mass is 16.5. The minimum atomic E-state index is 0.499. The number of nitrogens with one attached hydrogen (secondary N) is 1. The van der Waals surface area contributed by atoms with E-state index >= 15 is 0 Å². The lowest BCUT2D eigenvalue weighted by Gasteiger charge is -2.13. The van der Waals surface area contributed by atoms with Crippen molar-refractivity contribution in [2.24, 2.45) is 0 Å². The van der Waals surface area contributed by atoms with Crippen molar-refractivity contribution in [1.82, 2.24) is 9.97 Å². The predicted octanol–water partition coefficient (Wildman–Crippen LogP) is 3.10. The van der Waals surface area contributed by atoms with Crippen LogP contribution in [0.25, 0.3) is 0 Å². The van der Waals surface area contributed by atoms with Crippen LogP contribution in [0, 0.1) is 6.92 Å². The Morgan fingerprint density at radius 1 is 1.11 bits per heavy atom. The summed E-state index contributed by atoms with van der Waals surface area (Å²) in [4.78, 5) is 9.07. The lowest BCUT2D eigenvalue weighted by atomic mass is 10.1. The van der Waals surface area contributed by atoms with Gasteiger partial charge in [0, 0.05) is 24.4 Å². The first-order valence-corrected chi connectivity index (χ1v) is 6.90. The molecule has 0 spiro atoms. The summed E-state index contributed by atoms with van der Waals surface area (Å²) in [5.74, 6) is 1.75. The third-order valence-corrected chi connectivity index (χ3v) is 2.74. The van der Waals surface area contributed by atoms with Crippen LogP contribution in [0.2, 0.25) is 0 Å². The van der Waals surface area contributed by atoms with Gasteiger partial charge in [-0.15, -0.1) is 0 Å². The molecule has 18 heavy (non-hydrogen) atoms. The van der Waals surface area contributed by atoms with Crippen LogP contribution in [0.4, 0.5) is 5.82 Å². The molecule has 1 rings (SSSR count). The summed E-state index contributed by atoms with van der Waals surface area (Å²) in [5, 5.41) is 3.38. The average Bonchev–Trinajstić information content (AvgIpc) is 2.36. The summed E-state index contributed by atoms with van der Waals surface area (Å²) in [6.45, 7) is 10.6. The Morgan fingerprint density at radius 3 is 2.50 bits per heavy atom. The molecule has 1 N–H and O–H groups in total. The molecule has 4 nitrogen and oxygen atoms in total. The van der Waals surface area contributed by atoms with Gasteiger partial charge in [-0.3, -0.25) is 0 Å². The van der Waals surface area contributed by atoms with Crippen molar-refractivity contribution in [1.29, 1.82) is 0 Å². The smallest absolute Gasteiger partial charge is 0.156 e. The zero-order valence-corrected chi connectivity index (χ0v) is 12.0. The van der Waals surface area contributed by atoms with E-state index in [0.717, 1.165) is 49.8 Å². The topological polar surface area (TPSA) is 47.0 Å². The van der Waals surface area contributed by atoms with E-state index < -0.39 is 0 Å². The Morgan fingerprint density at radius 2 is 1.89 bits per heavy atom. The quantitative estimate of drug-likeness (QED) is 0.721. The minimum absolute atomic E-state index is 0.499. The van der Waals surface area contributed by atoms with Crippen LogP contribution in [-0.4, -0.2) is 23.1 Å². The van der Waals surface area contributed by atoms with E-state index in [2.05, 4.69) is 36.1 Å². The number of anilines is 1. The number of aromatic nitrogens is 2. The Labute approximate surface area is 110 Å². The zero-order valence-electron chi connectivity index (χ0n) is 12.0. The van der Waals surface area contributed by atoms with Gasteiger partial charge in [0.05, 0.1) is 0 Å². The largest absolute Gasteiger partial charge is 0.373 e. The van der Waals surface area contributed by atoms with Gasteiger partial charge in [0.25, 0.3) is 0 Å². The van der Waals surface area contributed by atoms with Crippen molar-refractivity contribution < 1.29 is 4.74 Å². The van der Waals surface area contributed by atoms with Gasteiger partial charge >= 0.3 is 0 Å². The van der Waals surface area contributed by atoms with E-state index in [4.69, 9.17) is 4.74 Å². The van der Waals surface area contributed by atoms with E-state index in [1.54, 1.807) is 0 Å². The number of hydrogen-bond donors (Lipinski definition) is 1. The second-order valence-electron chi connectivity index (χ2n) is 4.39. The molecule has 0 aliphatic carbocycles. The van der Waals surface area contributed by atoms with Gasteiger partial charge in [-0.25, -0.2) is 9.97 Å². The third kappa shape index (κ3) is 4.26. The SMILES string of the molecule is CCCNc1nc(COCCC)nc(C)c1CC. The Kier molecular flexibility index (Phi) is 6.65. The highest BCUT2D eigenvalue weighted by molar-refractivity contribution is 5.46. The molecule has 0 saturated carbocycles. The first-order valence-electron chi connectivity index (χ1n) is 6.90. The Bertz CT molecular complexity index is 366. The van der Waals surface area contributed by atoms with Crippen LogP contribution >= 0.6 is 0 Å². The molecular weight excluding hydrogens is 226 g/mol. The normalized spacial score (nSPS) is 10.7. The summed E-state index contributed by atoms with van der Waals surface area (Å²) in [6.07, 6.45) is 3.06. The summed E-state index contributed by atoms with van der Waals surface area (Å²) < 4.78 is 5.50. The standard InChI is InChI=1S/C14H25N3O/c1-5-8-15-14-12(7-3)11(4)16-13(17-14)10-18-9-6-2/h5-10H2,1-4H3,(H,15,16,17). The fourth-order valence-electron chi connectivity index (χ4n) is 1.84. The number of nitrogens with zero attached hydrogens (tertiary/aromatic N) is 2. The van der Waals surface area contributed by atoms with E-state index in [0.29, 0.717) is 6.61 Å². The van der Waals surface area contributed by atoms with E-state index in [1.807, 2.05) is 6.92 Å². The molecule has 1 heterocycles. The number of ether oxygens (including phenoxy) is 1. The van der Waals surface area contributed by atoms with Crippen LogP contribution in [0.5, 0.6) is 0 Å². The molecule has 1 aromatic heterocycles. The number of rotatable bonds is 8. The van der Waals surface area contributed by atoms with Gasteiger partial charge in [-0.1, -0.05) is 20.8 Å². The highest BCUT2D eigenvalue weighted by Gasteiger charge is 2.09. The molecule has 0 saturated heterocycles. The second kappa shape index (κ2) is 8.03. The fraction of sp³-hybridized carbons (Fsp3) is 0.714. The molecule has 0 fully saturated rings. The van der Waals surface area contributed by atoms with Gasteiger partial charge in [-0.2, -0.15) is 0 Å². The molecule has 0 aromatic carbocycles. The van der Waals surface area contributed by atoms with Crippen molar-refractivity contribution in [3.8, 4) is 0 Å². The number of aryl methyl sites for hydroxylation is 1. The predicted molar refractivity (Wildman–Crippen MR) is 74.9 cm³/mol. The lowest BCUT2D eigenvalue weighted by molar-refractivity contribution is 0.116. The van der Waals surface area contributed by atoms with E-state index in [-0.39, 0.29) is 0 Å². The van der Waals surface area contributed by atoms with Crippen molar-refractivity contribution in [2.75, 3.05) is 18.5 Å². The minimum Gasteiger partial charge on any atom is -0.373 e. The molecule has 0 radical (unpaired) electrons. The third-order valence-electron chi connectivity index (χ3n) is 2.74. The first-order chi connectivity index (χ1) is 8.72. The maximum Gasteiger partial charge on any atom is 0.156 e. The summed E-state index contributed by atoms with van der Waals surface area (Å²) in [5.41, 5.74) is 2.27. The van der Waals surface area contributed by atoms with E-state index in [9.17, 15) is 0 Å². The number of hydrogen-bond acceptors (Lipinski definition) is 4. The van der Waals surface area contributed by atoms with Gasteiger partial charge in [0.15, 0.2) is 5.82 Å². The molecule has 0 unspecified atom stereocenters. The maximum atomic E-state index is 5.50. The Hall–Kier alpha value is -1.16. The monoisotopic (exact) mass is 251 g/mol. The average molecular weight is 251 g/mol. The highest BCUT2D eigenvalue weighted by Crippen LogP contribution is 2.17. The van der Waals surface area contributed by atoms with Crippen molar-refractivity contribution in [3.63, 3.8) is 0 Å². The molecular formula is C14H25N3O. The summed E-state index contributed by atoms with van der Waals surface area (Å²) >= 11 is 0. The van der Waals surface area contributed by atoms with Crippen LogP contribution < -0.4 is 5.32 Å². The van der Waals surface area contributed by atoms with Gasteiger partial charge in [0.2, 0.25) is 0 Å². The fourth-order valence-corrected chi connectivity index (χ4v) is 1.84. The summed E-state index contributed by atoms with van der Waals surface area (Å²) in [6, 6.07) is 0. The van der Waals surface area contributed by atoms with Crippen molar-refractivity contribution in [2.45, 2.75) is 53.6 Å². The molecule has 0 atom stereocenters. The molecule has 0 bridgehead atoms. The molecule has 0 aliphatic rings. The van der Waals surface area contributed by atoms with Crippen LogP contribution in [0.15, 0.2) is 0 Å². The van der Waals surface area contributed by atoms with E-state index in [1.165, 1.54) is 5.56 Å². The Balaban J connectivity index is 2.83. The van der Waals surface area contributed by atoms with Gasteiger partial charge < -0.3 is 10.1 Å². The second-order valence-corrected chi connectivity index (χ2v) is 4.39. The van der Waals surface area contributed by atoms with Crippen molar-refractivity contribution in [3.05, 3.63) is 17.1 Å².